The molecular formula is C13H14N2O. The third-order valence-electron chi connectivity index (χ3n) is 2.56. The van der Waals surface area contributed by atoms with Crippen LogP contribution in [0.15, 0.2) is 36.7 Å². The quantitative estimate of drug-likeness (QED) is 0.736. The molecule has 0 aliphatic rings. The summed E-state index contributed by atoms with van der Waals surface area (Å²) in [6.07, 6.45) is 4.73. The van der Waals surface area contributed by atoms with Gasteiger partial charge in [-0.25, -0.2) is 4.68 Å². The van der Waals surface area contributed by atoms with Crippen molar-refractivity contribution in [2.24, 2.45) is 0 Å². The molecule has 1 aromatic carbocycles. The molecule has 0 saturated carbocycles. The number of rotatable bonds is 3. The number of benzene rings is 1. The second kappa shape index (κ2) is 4.31. The zero-order valence-corrected chi connectivity index (χ0v) is 9.42. The maximum absolute atomic E-state index is 10.5. The zero-order valence-electron chi connectivity index (χ0n) is 9.42. The molecule has 3 heteroatoms. The summed E-state index contributed by atoms with van der Waals surface area (Å²) in [7, 11) is 0. The van der Waals surface area contributed by atoms with Crippen LogP contribution in [0.1, 0.15) is 35.7 Å². The van der Waals surface area contributed by atoms with Gasteiger partial charge in [-0.05, 0) is 35.7 Å². The average Bonchev–Trinajstić information content (AvgIpc) is 2.78. The third kappa shape index (κ3) is 2.03. The van der Waals surface area contributed by atoms with E-state index in [4.69, 9.17) is 0 Å². The van der Waals surface area contributed by atoms with Crippen molar-refractivity contribution in [2.45, 2.75) is 19.8 Å². The van der Waals surface area contributed by atoms with E-state index in [-0.39, 0.29) is 0 Å². The van der Waals surface area contributed by atoms with Gasteiger partial charge in [0.25, 0.3) is 0 Å². The van der Waals surface area contributed by atoms with Crippen LogP contribution in [-0.4, -0.2) is 16.1 Å². The van der Waals surface area contributed by atoms with Crippen molar-refractivity contribution < 1.29 is 4.79 Å². The number of carbonyl (C=O) groups excluding carboxylic acids is 1. The van der Waals surface area contributed by atoms with Gasteiger partial charge in [-0.2, -0.15) is 5.10 Å². The Hall–Kier alpha value is -1.90. The highest BCUT2D eigenvalue weighted by Crippen LogP contribution is 2.15. The predicted octanol–water partition coefficient (Wildman–Crippen LogP) is 2.81. The van der Waals surface area contributed by atoms with Crippen molar-refractivity contribution in [1.82, 2.24) is 9.78 Å². The van der Waals surface area contributed by atoms with Gasteiger partial charge in [-0.3, -0.25) is 4.79 Å². The van der Waals surface area contributed by atoms with E-state index in [1.807, 2.05) is 29.2 Å². The normalized spacial score (nSPS) is 10.7. The molecule has 0 radical (unpaired) electrons. The number of carbonyl (C=O) groups is 1. The maximum atomic E-state index is 10.5. The molecule has 2 rings (SSSR count). The van der Waals surface area contributed by atoms with Crippen molar-refractivity contribution in [2.75, 3.05) is 0 Å². The van der Waals surface area contributed by atoms with Gasteiger partial charge in [0.05, 0.1) is 11.9 Å². The van der Waals surface area contributed by atoms with E-state index < -0.39 is 0 Å². The first-order valence-electron chi connectivity index (χ1n) is 5.31. The molecule has 0 unspecified atom stereocenters. The number of hydrogen-bond acceptors (Lipinski definition) is 2. The molecule has 0 N–H and O–H groups in total. The molecule has 0 atom stereocenters. The number of aldehydes is 1. The summed E-state index contributed by atoms with van der Waals surface area (Å²) < 4.78 is 1.82. The lowest BCUT2D eigenvalue weighted by molar-refractivity contribution is 0.112. The fourth-order valence-corrected chi connectivity index (χ4v) is 1.48. The smallest absolute Gasteiger partial charge is 0.150 e. The van der Waals surface area contributed by atoms with Gasteiger partial charge >= 0.3 is 0 Å². The van der Waals surface area contributed by atoms with Gasteiger partial charge in [-0.1, -0.05) is 13.8 Å². The summed E-state index contributed by atoms with van der Waals surface area (Å²) in [4.78, 5) is 10.5. The Bertz CT molecular complexity index is 483. The van der Waals surface area contributed by atoms with E-state index in [0.29, 0.717) is 11.5 Å². The van der Waals surface area contributed by atoms with Crippen molar-refractivity contribution >= 4 is 6.29 Å². The van der Waals surface area contributed by atoms with Crippen molar-refractivity contribution in [1.29, 1.82) is 0 Å². The fraction of sp³-hybridized carbons (Fsp3) is 0.231. The van der Waals surface area contributed by atoms with Crippen LogP contribution in [0.5, 0.6) is 0 Å². The van der Waals surface area contributed by atoms with Crippen LogP contribution >= 0.6 is 0 Å². The largest absolute Gasteiger partial charge is 0.298 e. The Morgan fingerprint density at radius 1 is 1.25 bits per heavy atom. The molecule has 0 aliphatic heterocycles. The Balaban J connectivity index is 2.31. The monoisotopic (exact) mass is 214 g/mol. The Labute approximate surface area is 94.7 Å². The molecular weight excluding hydrogens is 200 g/mol. The van der Waals surface area contributed by atoms with Gasteiger partial charge in [-0.15, -0.1) is 0 Å². The summed E-state index contributed by atoms with van der Waals surface area (Å²) in [5.74, 6) is 0.475. The topological polar surface area (TPSA) is 34.9 Å². The number of aromatic nitrogens is 2. The summed E-state index contributed by atoms with van der Waals surface area (Å²) in [5, 5.41) is 4.29. The van der Waals surface area contributed by atoms with Crippen LogP contribution in [0.25, 0.3) is 5.69 Å². The molecule has 16 heavy (non-hydrogen) atoms. The summed E-state index contributed by atoms with van der Waals surface area (Å²) in [6, 6.07) is 7.36. The molecule has 82 valence electrons. The molecule has 2 aromatic rings. The molecule has 0 amide bonds. The van der Waals surface area contributed by atoms with E-state index >= 15 is 0 Å². The first-order chi connectivity index (χ1) is 7.70. The highest BCUT2D eigenvalue weighted by molar-refractivity contribution is 5.75. The predicted molar refractivity (Wildman–Crippen MR) is 63.0 cm³/mol. The molecule has 1 aromatic heterocycles. The highest BCUT2D eigenvalue weighted by Gasteiger charge is 2.03. The van der Waals surface area contributed by atoms with Crippen LogP contribution in [0.4, 0.5) is 0 Å². The fourth-order valence-electron chi connectivity index (χ4n) is 1.48. The lowest BCUT2D eigenvalue weighted by atomic mass is 10.1. The van der Waals surface area contributed by atoms with E-state index in [9.17, 15) is 4.79 Å². The number of hydrogen-bond donors (Lipinski definition) is 0. The van der Waals surface area contributed by atoms with Crippen LogP contribution in [0.3, 0.4) is 0 Å². The van der Waals surface area contributed by atoms with Crippen LogP contribution in [0, 0.1) is 0 Å². The molecule has 0 fully saturated rings. The van der Waals surface area contributed by atoms with Crippen molar-refractivity contribution in [3.8, 4) is 5.69 Å². The van der Waals surface area contributed by atoms with Crippen molar-refractivity contribution in [3.05, 3.63) is 47.8 Å². The third-order valence-corrected chi connectivity index (χ3v) is 2.56. The Kier molecular flexibility index (Phi) is 2.86. The summed E-state index contributed by atoms with van der Waals surface area (Å²) >= 11 is 0. The van der Waals surface area contributed by atoms with Gasteiger partial charge in [0.1, 0.15) is 6.29 Å². The van der Waals surface area contributed by atoms with E-state index in [0.717, 1.165) is 12.0 Å². The first kappa shape index (κ1) is 10.6. The minimum atomic E-state index is 0.475. The lowest BCUT2D eigenvalue weighted by Crippen LogP contribution is -1.94. The van der Waals surface area contributed by atoms with Gasteiger partial charge in [0.15, 0.2) is 0 Å². The van der Waals surface area contributed by atoms with Crippen LogP contribution in [0.2, 0.25) is 0 Å². The van der Waals surface area contributed by atoms with E-state index in [1.165, 1.54) is 5.56 Å². The molecule has 0 saturated heterocycles. The minimum absolute atomic E-state index is 0.475. The van der Waals surface area contributed by atoms with E-state index in [2.05, 4.69) is 18.9 Å². The SMILES string of the molecule is CC(C)c1cnn(-c2ccc(C=O)cc2)c1. The Morgan fingerprint density at radius 3 is 2.44 bits per heavy atom. The van der Waals surface area contributed by atoms with Crippen molar-refractivity contribution in [3.63, 3.8) is 0 Å². The second-order valence-corrected chi connectivity index (χ2v) is 4.08. The molecule has 0 bridgehead atoms. The molecule has 0 aliphatic carbocycles. The maximum Gasteiger partial charge on any atom is 0.150 e. The molecule has 3 nitrogen and oxygen atoms in total. The van der Waals surface area contributed by atoms with Crippen LogP contribution < -0.4 is 0 Å². The van der Waals surface area contributed by atoms with Gasteiger partial charge < -0.3 is 0 Å². The number of nitrogens with zero attached hydrogens (tertiary/aromatic N) is 2. The van der Waals surface area contributed by atoms with E-state index in [1.54, 1.807) is 12.1 Å². The lowest BCUT2D eigenvalue weighted by Gasteiger charge is -2.01. The highest BCUT2D eigenvalue weighted by atomic mass is 16.1. The van der Waals surface area contributed by atoms with Crippen LogP contribution in [-0.2, 0) is 0 Å². The standard InChI is InChI=1S/C13H14N2O/c1-10(2)12-7-14-15(8-12)13-5-3-11(9-16)4-6-13/h3-10H,1-2H3. The van der Waals surface area contributed by atoms with Gasteiger partial charge in [0.2, 0.25) is 0 Å². The summed E-state index contributed by atoms with van der Waals surface area (Å²) in [5.41, 5.74) is 2.86. The Morgan fingerprint density at radius 2 is 1.94 bits per heavy atom. The van der Waals surface area contributed by atoms with Gasteiger partial charge in [0, 0.05) is 11.8 Å². The minimum Gasteiger partial charge on any atom is -0.298 e. The average molecular weight is 214 g/mol. The molecule has 1 heterocycles. The second-order valence-electron chi connectivity index (χ2n) is 4.08. The summed E-state index contributed by atoms with van der Waals surface area (Å²) in [6.45, 7) is 4.27. The first-order valence-corrected chi connectivity index (χ1v) is 5.31. The molecule has 0 spiro atoms. The zero-order chi connectivity index (χ0) is 11.5.